The van der Waals surface area contributed by atoms with E-state index in [0.29, 0.717) is 5.46 Å². The number of nitrogens with one attached hydrogen (secondary N) is 1. The fourth-order valence-electron chi connectivity index (χ4n) is 2.24. The number of rotatable bonds is 1. The lowest BCUT2D eigenvalue weighted by Gasteiger charge is -2.32. The Balaban J connectivity index is 2.03. The highest BCUT2D eigenvalue weighted by Crippen LogP contribution is 2.37. The zero-order chi connectivity index (χ0) is 16.3. The van der Waals surface area contributed by atoms with Gasteiger partial charge in [0.25, 0.3) is 0 Å². The Morgan fingerprint density at radius 2 is 1.73 bits per heavy atom. The number of nitrogens with zero attached hydrogens (tertiary/aromatic N) is 2. The molecule has 1 aliphatic heterocycles. The minimum Gasteiger partial charge on any atom is -0.399 e. The molecule has 3 rings (SSSR count). The number of hydrogen-bond donors (Lipinski definition) is 1. The third-order valence-electron chi connectivity index (χ3n) is 4.23. The van der Waals surface area contributed by atoms with Crippen LogP contribution in [0.5, 0.6) is 0 Å². The van der Waals surface area contributed by atoms with E-state index in [9.17, 15) is 13.2 Å². The lowest BCUT2D eigenvalue weighted by Crippen LogP contribution is -2.41. The summed E-state index contributed by atoms with van der Waals surface area (Å²) in [6.45, 7) is 7.49. The van der Waals surface area contributed by atoms with Crippen molar-refractivity contribution in [2.24, 2.45) is 0 Å². The lowest BCUT2D eigenvalue weighted by molar-refractivity contribution is -0.139. The Bertz CT molecular complexity index is 711. The standard InChI is InChI=1S/C13H15BF3N3O2/c1-11(2)12(3,4)22-14(21-11)7-5-8-9(13(15,16)17)19-20-10(8)18-6-7/h5-6H,1-4H3,(H,18,19,20). The van der Waals surface area contributed by atoms with Crippen molar-refractivity contribution < 1.29 is 22.5 Å². The van der Waals surface area contributed by atoms with Crippen LogP contribution < -0.4 is 5.46 Å². The average molecular weight is 313 g/mol. The van der Waals surface area contributed by atoms with E-state index in [1.54, 1.807) is 0 Å². The number of alkyl halides is 3. The summed E-state index contributed by atoms with van der Waals surface area (Å²) in [7, 11) is -0.766. The fourth-order valence-corrected chi connectivity index (χ4v) is 2.24. The molecule has 0 atom stereocenters. The van der Waals surface area contributed by atoms with Gasteiger partial charge in [0.15, 0.2) is 11.3 Å². The molecule has 0 unspecified atom stereocenters. The van der Waals surface area contributed by atoms with E-state index in [1.807, 2.05) is 27.7 Å². The van der Waals surface area contributed by atoms with Gasteiger partial charge in [0.2, 0.25) is 0 Å². The van der Waals surface area contributed by atoms with Crippen molar-refractivity contribution in [3.05, 3.63) is 18.0 Å². The van der Waals surface area contributed by atoms with Crippen LogP contribution in [0.4, 0.5) is 13.2 Å². The second kappa shape index (κ2) is 4.45. The smallest absolute Gasteiger partial charge is 0.399 e. The van der Waals surface area contributed by atoms with Gasteiger partial charge in [0.05, 0.1) is 16.6 Å². The number of H-pyrrole nitrogens is 1. The van der Waals surface area contributed by atoms with E-state index in [0.717, 1.165) is 0 Å². The molecule has 1 N–H and O–H groups in total. The fraction of sp³-hybridized carbons (Fsp3) is 0.538. The van der Waals surface area contributed by atoms with Gasteiger partial charge in [-0.3, -0.25) is 5.10 Å². The van der Waals surface area contributed by atoms with Crippen LogP contribution in [0.2, 0.25) is 0 Å². The second-order valence-electron chi connectivity index (χ2n) is 6.32. The van der Waals surface area contributed by atoms with Crippen LogP contribution in [-0.2, 0) is 15.5 Å². The van der Waals surface area contributed by atoms with Gasteiger partial charge in [-0.2, -0.15) is 18.3 Å². The van der Waals surface area contributed by atoms with Gasteiger partial charge in [0.1, 0.15) is 0 Å². The summed E-state index contributed by atoms with van der Waals surface area (Å²) in [6.07, 6.45) is -3.11. The summed E-state index contributed by atoms with van der Waals surface area (Å²) in [5, 5.41) is 5.48. The van der Waals surface area contributed by atoms with Gasteiger partial charge in [0, 0.05) is 11.7 Å². The summed E-state index contributed by atoms with van der Waals surface area (Å²) in [5.41, 5.74) is -1.63. The van der Waals surface area contributed by atoms with Crippen LogP contribution in [0.25, 0.3) is 11.0 Å². The molecule has 0 bridgehead atoms. The Labute approximate surface area is 125 Å². The first-order valence-corrected chi connectivity index (χ1v) is 6.78. The Morgan fingerprint density at radius 3 is 2.27 bits per heavy atom. The zero-order valence-corrected chi connectivity index (χ0v) is 12.6. The molecule has 0 radical (unpaired) electrons. The molecule has 22 heavy (non-hydrogen) atoms. The normalized spacial score (nSPS) is 20.8. The van der Waals surface area contributed by atoms with Gasteiger partial charge in [-0.15, -0.1) is 0 Å². The second-order valence-corrected chi connectivity index (χ2v) is 6.32. The maximum Gasteiger partial charge on any atom is 0.496 e. The first-order chi connectivity index (χ1) is 10.0. The molecule has 0 aromatic carbocycles. The molecule has 2 aromatic rings. The molecule has 0 aliphatic carbocycles. The largest absolute Gasteiger partial charge is 0.496 e. The van der Waals surface area contributed by atoms with Crippen molar-refractivity contribution in [2.75, 3.05) is 0 Å². The van der Waals surface area contributed by atoms with E-state index in [4.69, 9.17) is 9.31 Å². The Morgan fingerprint density at radius 1 is 1.14 bits per heavy atom. The van der Waals surface area contributed by atoms with Gasteiger partial charge in [-0.1, -0.05) is 0 Å². The van der Waals surface area contributed by atoms with Crippen molar-refractivity contribution >= 4 is 23.6 Å². The van der Waals surface area contributed by atoms with Crippen molar-refractivity contribution in [2.45, 2.75) is 45.1 Å². The number of halogens is 3. The van der Waals surface area contributed by atoms with E-state index < -0.39 is 30.2 Å². The lowest BCUT2D eigenvalue weighted by atomic mass is 9.80. The van der Waals surface area contributed by atoms with E-state index in [-0.39, 0.29) is 11.0 Å². The quantitative estimate of drug-likeness (QED) is 0.821. The van der Waals surface area contributed by atoms with Crippen LogP contribution in [0.1, 0.15) is 33.4 Å². The molecule has 9 heteroatoms. The van der Waals surface area contributed by atoms with Gasteiger partial charge >= 0.3 is 13.3 Å². The molecule has 2 aromatic heterocycles. The summed E-state index contributed by atoms with van der Waals surface area (Å²) >= 11 is 0. The first-order valence-electron chi connectivity index (χ1n) is 6.78. The maximum absolute atomic E-state index is 12.9. The highest BCUT2D eigenvalue weighted by Gasteiger charge is 2.52. The van der Waals surface area contributed by atoms with Crippen molar-refractivity contribution in [3.63, 3.8) is 0 Å². The van der Waals surface area contributed by atoms with E-state index >= 15 is 0 Å². The molecule has 1 aliphatic rings. The SMILES string of the molecule is CC1(C)OB(c2cnc3[nH]nc(C(F)(F)F)c3c2)OC1(C)C. The van der Waals surface area contributed by atoms with Crippen molar-refractivity contribution in [1.82, 2.24) is 15.2 Å². The highest BCUT2D eigenvalue weighted by molar-refractivity contribution is 6.62. The highest BCUT2D eigenvalue weighted by atomic mass is 19.4. The van der Waals surface area contributed by atoms with Crippen LogP contribution in [0.15, 0.2) is 12.3 Å². The summed E-state index contributed by atoms with van der Waals surface area (Å²) in [6, 6.07) is 1.36. The number of hydrogen-bond acceptors (Lipinski definition) is 4. The molecule has 0 saturated carbocycles. The van der Waals surface area contributed by atoms with Gasteiger partial charge in [-0.05, 0) is 33.8 Å². The van der Waals surface area contributed by atoms with Crippen molar-refractivity contribution in [3.8, 4) is 0 Å². The average Bonchev–Trinajstić information content (AvgIpc) is 2.87. The molecular weight excluding hydrogens is 298 g/mol. The van der Waals surface area contributed by atoms with E-state index in [2.05, 4.69) is 15.2 Å². The molecule has 0 spiro atoms. The van der Waals surface area contributed by atoms with Gasteiger partial charge < -0.3 is 9.31 Å². The zero-order valence-electron chi connectivity index (χ0n) is 12.6. The van der Waals surface area contributed by atoms with Crippen molar-refractivity contribution in [1.29, 1.82) is 0 Å². The minimum absolute atomic E-state index is 0.0765. The molecular formula is C13H15BF3N3O2. The number of aromatic amines is 1. The summed E-state index contributed by atoms with van der Waals surface area (Å²) < 4.78 is 50.5. The molecule has 1 fully saturated rings. The summed E-state index contributed by atoms with van der Waals surface area (Å²) in [4.78, 5) is 3.98. The number of aromatic nitrogens is 3. The molecule has 5 nitrogen and oxygen atoms in total. The predicted octanol–water partition coefficient (Wildman–Crippen LogP) is 2.28. The topological polar surface area (TPSA) is 60.0 Å². The minimum atomic E-state index is -4.55. The Hall–Kier alpha value is -1.61. The first kappa shape index (κ1) is 15.3. The predicted molar refractivity (Wildman–Crippen MR) is 74.6 cm³/mol. The van der Waals surface area contributed by atoms with Crippen LogP contribution in [-0.4, -0.2) is 33.5 Å². The van der Waals surface area contributed by atoms with E-state index in [1.165, 1.54) is 12.3 Å². The number of fused-ring (bicyclic) bond motifs is 1. The maximum atomic E-state index is 12.9. The Kier molecular flexibility index (Phi) is 3.10. The molecule has 1 saturated heterocycles. The molecule has 118 valence electrons. The van der Waals surface area contributed by atoms with Gasteiger partial charge in [-0.25, -0.2) is 4.98 Å². The summed E-state index contributed by atoms with van der Waals surface area (Å²) in [5.74, 6) is 0. The van der Waals surface area contributed by atoms with Crippen LogP contribution >= 0.6 is 0 Å². The van der Waals surface area contributed by atoms with Crippen LogP contribution in [0, 0.1) is 0 Å². The monoisotopic (exact) mass is 313 g/mol. The third-order valence-corrected chi connectivity index (χ3v) is 4.23. The third kappa shape index (κ3) is 2.28. The van der Waals surface area contributed by atoms with Crippen LogP contribution in [0.3, 0.4) is 0 Å². The number of pyridine rings is 1. The molecule has 3 heterocycles. The molecule has 0 amide bonds.